The zero-order chi connectivity index (χ0) is 20.5. The molecule has 7 nitrogen and oxygen atoms in total. The van der Waals surface area contributed by atoms with Gasteiger partial charge in [0.15, 0.2) is 5.65 Å². The zero-order valence-corrected chi connectivity index (χ0v) is 17.8. The van der Waals surface area contributed by atoms with E-state index in [1.807, 2.05) is 39.0 Å². The second kappa shape index (κ2) is 7.79. The van der Waals surface area contributed by atoms with Gasteiger partial charge in [0.1, 0.15) is 5.82 Å². The third kappa shape index (κ3) is 3.55. The summed E-state index contributed by atoms with van der Waals surface area (Å²) in [6.45, 7) is 8.28. The van der Waals surface area contributed by atoms with Gasteiger partial charge in [-0.2, -0.15) is 10.2 Å². The second-order valence-electron chi connectivity index (χ2n) is 7.32. The molecule has 0 saturated carbocycles. The summed E-state index contributed by atoms with van der Waals surface area (Å²) in [6.07, 6.45) is 4.35. The number of pyridine rings is 1. The molecule has 4 heterocycles. The molecule has 0 radical (unpaired) electrons. The van der Waals surface area contributed by atoms with Crippen molar-refractivity contribution in [3.63, 3.8) is 0 Å². The first-order chi connectivity index (χ1) is 14.0. The highest BCUT2D eigenvalue weighted by atomic mass is 32.1. The van der Waals surface area contributed by atoms with Crippen LogP contribution in [0.25, 0.3) is 21.6 Å². The molecule has 0 aliphatic carbocycles. The molecule has 4 aromatic heterocycles. The molecular formula is C21H24N6OS. The number of anilines is 1. The van der Waals surface area contributed by atoms with Crippen LogP contribution in [0.4, 0.5) is 5.82 Å². The standard InChI is InChI=1S/C21H24N6OS/c1-5-14(4)27-19(8-9-22-27)25-21(28)15-11-17(18-7-6-10-29-18)24-20-16(15)12-23-26(20)13(2)3/h6-14H,5H2,1-4H3,(H,25,28). The number of nitrogens with zero attached hydrogens (tertiary/aromatic N) is 5. The number of aromatic nitrogens is 5. The molecule has 1 atom stereocenters. The Labute approximate surface area is 173 Å². The van der Waals surface area contributed by atoms with Crippen LogP contribution in [0.5, 0.6) is 0 Å². The van der Waals surface area contributed by atoms with Gasteiger partial charge in [0.25, 0.3) is 5.91 Å². The van der Waals surface area contributed by atoms with Crippen molar-refractivity contribution in [1.82, 2.24) is 24.5 Å². The average molecular weight is 409 g/mol. The van der Waals surface area contributed by atoms with Crippen LogP contribution in [-0.2, 0) is 0 Å². The van der Waals surface area contributed by atoms with E-state index < -0.39 is 0 Å². The molecule has 0 fully saturated rings. The van der Waals surface area contributed by atoms with Crippen molar-refractivity contribution >= 4 is 34.1 Å². The van der Waals surface area contributed by atoms with Gasteiger partial charge < -0.3 is 5.32 Å². The van der Waals surface area contributed by atoms with E-state index in [4.69, 9.17) is 4.98 Å². The molecule has 1 unspecified atom stereocenters. The molecule has 4 aromatic rings. The Kier molecular flexibility index (Phi) is 5.19. The quantitative estimate of drug-likeness (QED) is 0.478. The van der Waals surface area contributed by atoms with Crippen LogP contribution in [-0.4, -0.2) is 30.5 Å². The van der Waals surface area contributed by atoms with E-state index in [2.05, 4.69) is 43.2 Å². The van der Waals surface area contributed by atoms with Gasteiger partial charge in [-0.1, -0.05) is 13.0 Å². The fourth-order valence-electron chi connectivity index (χ4n) is 3.26. The van der Waals surface area contributed by atoms with Crippen molar-refractivity contribution in [2.75, 3.05) is 5.32 Å². The number of rotatable bonds is 6. The molecular weight excluding hydrogens is 384 g/mol. The van der Waals surface area contributed by atoms with E-state index in [9.17, 15) is 4.79 Å². The first kappa shape index (κ1) is 19.3. The predicted octanol–water partition coefficient (Wildman–Crippen LogP) is 5.16. The minimum Gasteiger partial charge on any atom is -0.307 e. The van der Waals surface area contributed by atoms with E-state index in [0.29, 0.717) is 17.0 Å². The number of hydrogen-bond donors (Lipinski definition) is 1. The Hall–Kier alpha value is -3.00. The highest BCUT2D eigenvalue weighted by Gasteiger charge is 2.20. The molecule has 1 N–H and O–H groups in total. The zero-order valence-electron chi connectivity index (χ0n) is 17.0. The summed E-state index contributed by atoms with van der Waals surface area (Å²) in [5, 5.41) is 14.6. The third-order valence-electron chi connectivity index (χ3n) is 4.99. The second-order valence-corrected chi connectivity index (χ2v) is 8.27. The first-order valence-electron chi connectivity index (χ1n) is 9.76. The number of nitrogens with one attached hydrogen (secondary N) is 1. The minimum atomic E-state index is -0.191. The van der Waals surface area contributed by atoms with Crippen LogP contribution < -0.4 is 5.32 Å². The Morgan fingerprint density at radius 1 is 1.21 bits per heavy atom. The molecule has 0 aliphatic rings. The molecule has 4 rings (SSSR count). The number of amides is 1. The SMILES string of the molecule is CCC(C)n1nccc1NC(=O)c1cc(-c2cccs2)nc2c1cnn2C(C)C. The Morgan fingerprint density at radius 3 is 2.72 bits per heavy atom. The lowest BCUT2D eigenvalue weighted by atomic mass is 10.1. The van der Waals surface area contributed by atoms with Crippen LogP contribution in [0.15, 0.2) is 42.0 Å². The van der Waals surface area contributed by atoms with Gasteiger partial charge in [-0.3, -0.25) is 4.79 Å². The smallest absolute Gasteiger partial charge is 0.257 e. The van der Waals surface area contributed by atoms with Gasteiger partial charge in [0.05, 0.1) is 40.0 Å². The fourth-order valence-corrected chi connectivity index (χ4v) is 3.94. The highest BCUT2D eigenvalue weighted by molar-refractivity contribution is 7.13. The van der Waals surface area contributed by atoms with Gasteiger partial charge in [-0.15, -0.1) is 11.3 Å². The van der Waals surface area contributed by atoms with E-state index in [-0.39, 0.29) is 18.0 Å². The molecule has 29 heavy (non-hydrogen) atoms. The maximum Gasteiger partial charge on any atom is 0.257 e. The van der Waals surface area contributed by atoms with Gasteiger partial charge in [-0.05, 0) is 44.7 Å². The number of thiophene rings is 1. The van der Waals surface area contributed by atoms with Crippen molar-refractivity contribution < 1.29 is 4.79 Å². The molecule has 150 valence electrons. The van der Waals surface area contributed by atoms with Gasteiger partial charge in [0.2, 0.25) is 0 Å². The lowest BCUT2D eigenvalue weighted by Crippen LogP contribution is -2.18. The number of fused-ring (bicyclic) bond motifs is 1. The monoisotopic (exact) mass is 408 g/mol. The van der Waals surface area contributed by atoms with Crippen LogP contribution in [0, 0.1) is 0 Å². The summed E-state index contributed by atoms with van der Waals surface area (Å²) in [7, 11) is 0. The third-order valence-corrected chi connectivity index (χ3v) is 5.89. The summed E-state index contributed by atoms with van der Waals surface area (Å²) in [5.74, 6) is 0.492. The number of carbonyl (C=O) groups is 1. The molecule has 0 aromatic carbocycles. The van der Waals surface area contributed by atoms with Crippen molar-refractivity contribution in [3.8, 4) is 10.6 Å². The van der Waals surface area contributed by atoms with Crippen LogP contribution in [0.3, 0.4) is 0 Å². The summed E-state index contributed by atoms with van der Waals surface area (Å²) in [5.41, 5.74) is 2.05. The molecule has 0 aliphatic heterocycles. The Balaban J connectivity index is 1.80. The van der Waals surface area contributed by atoms with E-state index in [1.54, 1.807) is 23.7 Å². The van der Waals surface area contributed by atoms with Gasteiger partial charge in [0, 0.05) is 12.1 Å². The normalized spacial score (nSPS) is 12.6. The first-order valence-corrected chi connectivity index (χ1v) is 10.6. The van der Waals surface area contributed by atoms with Crippen LogP contribution in [0.2, 0.25) is 0 Å². The maximum atomic E-state index is 13.3. The van der Waals surface area contributed by atoms with Crippen LogP contribution in [0.1, 0.15) is 56.6 Å². The Morgan fingerprint density at radius 2 is 2.03 bits per heavy atom. The summed E-state index contributed by atoms with van der Waals surface area (Å²) in [6, 6.07) is 7.99. The van der Waals surface area contributed by atoms with Gasteiger partial charge in [-0.25, -0.2) is 14.3 Å². The number of carbonyl (C=O) groups excluding carboxylic acids is 1. The lowest BCUT2D eigenvalue weighted by molar-refractivity contribution is 0.102. The lowest BCUT2D eigenvalue weighted by Gasteiger charge is -2.15. The van der Waals surface area contributed by atoms with E-state index in [0.717, 1.165) is 22.4 Å². The van der Waals surface area contributed by atoms with Crippen molar-refractivity contribution in [2.24, 2.45) is 0 Å². The molecule has 1 amide bonds. The van der Waals surface area contributed by atoms with Crippen molar-refractivity contribution in [3.05, 3.63) is 47.6 Å². The highest BCUT2D eigenvalue weighted by Crippen LogP contribution is 2.29. The van der Waals surface area contributed by atoms with Crippen molar-refractivity contribution in [1.29, 1.82) is 0 Å². The topological polar surface area (TPSA) is 77.6 Å². The molecule has 8 heteroatoms. The summed E-state index contributed by atoms with van der Waals surface area (Å²) >= 11 is 1.60. The molecule has 0 bridgehead atoms. The average Bonchev–Trinajstić information content (AvgIpc) is 3.46. The largest absolute Gasteiger partial charge is 0.307 e. The predicted molar refractivity (Wildman–Crippen MR) is 116 cm³/mol. The fraction of sp³-hybridized carbons (Fsp3) is 0.333. The summed E-state index contributed by atoms with van der Waals surface area (Å²) in [4.78, 5) is 19.1. The van der Waals surface area contributed by atoms with Gasteiger partial charge >= 0.3 is 0 Å². The maximum absolute atomic E-state index is 13.3. The van der Waals surface area contributed by atoms with Crippen LogP contribution >= 0.6 is 11.3 Å². The van der Waals surface area contributed by atoms with E-state index >= 15 is 0 Å². The van der Waals surface area contributed by atoms with E-state index in [1.165, 1.54) is 0 Å². The van der Waals surface area contributed by atoms with Crippen molar-refractivity contribution in [2.45, 2.75) is 46.2 Å². The molecule has 0 saturated heterocycles. The number of hydrogen-bond acceptors (Lipinski definition) is 5. The molecule has 0 spiro atoms. The minimum absolute atomic E-state index is 0.140. The summed E-state index contributed by atoms with van der Waals surface area (Å²) < 4.78 is 3.70. The Bertz CT molecular complexity index is 1140.